The minimum absolute atomic E-state index is 0.659. The molecule has 548 valence electrons. The van der Waals surface area contributed by atoms with Crippen molar-refractivity contribution in [3.8, 4) is 0 Å². The molecule has 0 aliphatic rings. The Morgan fingerprint density at radius 2 is 0.505 bits per heavy atom. The molecule has 8 rings (SSSR count). The van der Waals surface area contributed by atoms with Crippen LogP contribution in [0.3, 0.4) is 0 Å². The molecule has 4 nitrogen and oxygen atoms in total. The molecular weight excluding hydrogens is 1270 g/mol. The van der Waals surface area contributed by atoms with E-state index in [2.05, 4.69) is 107 Å². The van der Waals surface area contributed by atoms with Gasteiger partial charge in [-0.15, -0.1) is 45.3 Å². The molecule has 0 amide bonds. The van der Waals surface area contributed by atoms with Crippen molar-refractivity contribution in [3.63, 3.8) is 0 Å². The summed E-state index contributed by atoms with van der Waals surface area (Å²) in [5.74, 6) is 1.32. The van der Waals surface area contributed by atoms with E-state index in [0.29, 0.717) is 11.8 Å². The molecule has 7 heterocycles. The van der Waals surface area contributed by atoms with Crippen LogP contribution in [-0.2, 0) is 25.9 Å². The molecule has 9 heteroatoms. The van der Waals surface area contributed by atoms with E-state index < -0.39 is 0 Å². The maximum atomic E-state index is 5.54. The van der Waals surface area contributed by atoms with Crippen LogP contribution >= 0.6 is 57.1 Å². The van der Waals surface area contributed by atoms with E-state index in [-0.39, 0.29) is 0 Å². The third-order valence-electron chi connectivity index (χ3n) is 22.9. The van der Waals surface area contributed by atoms with Gasteiger partial charge in [-0.25, -0.2) is 0 Å². The van der Waals surface area contributed by atoms with Gasteiger partial charge >= 0.3 is 0 Å². The van der Waals surface area contributed by atoms with Gasteiger partial charge in [0.15, 0.2) is 0 Å². The summed E-state index contributed by atoms with van der Waals surface area (Å²) >= 11 is 10.0. The lowest BCUT2D eigenvalue weighted by atomic mass is 9.93. The highest BCUT2D eigenvalue weighted by atomic mass is 32.1. The zero-order valence-electron chi connectivity index (χ0n) is 64.0. The van der Waals surface area contributed by atoms with Gasteiger partial charge in [0.05, 0.1) is 62.0 Å². The van der Waals surface area contributed by atoms with Crippen LogP contribution in [0.25, 0.3) is 72.1 Å². The number of nitrogens with zero attached hydrogens (tertiary/aromatic N) is 4. The van der Waals surface area contributed by atoms with E-state index in [1.54, 1.807) is 41.0 Å². The minimum Gasteiger partial charge on any atom is -0.337 e. The van der Waals surface area contributed by atoms with Crippen molar-refractivity contribution in [1.29, 1.82) is 0 Å². The molecule has 0 fully saturated rings. The molecule has 0 aliphatic heterocycles. The number of aryl methyl sites for hydroxylation is 2. The predicted molar refractivity (Wildman–Crippen MR) is 446 cm³/mol. The van der Waals surface area contributed by atoms with Gasteiger partial charge in [-0.05, 0) is 85.1 Å². The van der Waals surface area contributed by atoms with Gasteiger partial charge in [-0.2, -0.15) is 8.75 Å². The Bertz CT molecular complexity index is 3060. The van der Waals surface area contributed by atoms with Crippen molar-refractivity contribution in [3.05, 3.63) is 21.9 Å². The van der Waals surface area contributed by atoms with Gasteiger partial charge in [0.2, 0.25) is 0 Å². The summed E-state index contributed by atoms with van der Waals surface area (Å²) in [4.78, 5) is 0. The van der Waals surface area contributed by atoms with Gasteiger partial charge < -0.3 is 9.13 Å². The summed E-state index contributed by atoms with van der Waals surface area (Å²) in [6.45, 7) is 16.4. The minimum atomic E-state index is 0.659. The number of aromatic nitrogens is 4. The second-order valence-electron chi connectivity index (χ2n) is 31.4. The number of hydrogen-bond acceptors (Lipinski definition) is 7. The average Bonchev–Trinajstić information content (AvgIpc) is 1.51. The van der Waals surface area contributed by atoms with Crippen molar-refractivity contribution in [2.45, 2.75) is 440 Å². The average molecular weight is 1420 g/mol. The van der Waals surface area contributed by atoms with E-state index in [1.807, 2.05) is 0 Å². The number of benzene rings is 1. The monoisotopic (exact) mass is 1420 g/mol. The second kappa shape index (κ2) is 48.8. The zero-order valence-corrected chi connectivity index (χ0v) is 68.1. The van der Waals surface area contributed by atoms with Crippen LogP contribution in [0.15, 0.2) is 10.8 Å². The van der Waals surface area contributed by atoms with Crippen molar-refractivity contribution in [1.82, 2.24) is 17.9 Å². The lowest BCUT2D eigenvalue weighted by Crippen LogP contribution is -2.14. The number of rotatable bonds is 64. The van der Waals surface area contributed by atoms with Crippen molar-refractivity contribution < 1.29 is 0 Å². The number of fused-ring (bicyclic) bond motifs is 14. The molecule has 0 N–H and O–H groups in total. The largest absolute Gasteiger partial charge is 0.337 e. The van der Waals surface area contributed by atoms with Crippen LogP contribution in [0.2, 0.25) is 0 Å². The Morgan fingerprint density at radius 3 is 0.763 bits per heavy atom. The molecule has 97 heavy (non-hydrogen) atoms. The quantitative estimate of drug-likeness (QED) is 0.0356. The van der Waals surface area contributed by atoms with Crippen LogP contribution < -0.4 is 0 Å². The Morgan fingerprint density at radius 1 is 0.268 bits per heavy atom. The molecule has 1 aromatic carbocycles. The maximum Gasteiger partial charge on any atom is 0.116 e. The third-order valence-corrected chi connectivity index (χ3v) is 28.3. The number of thiophene rings is 4. The van der Waals surface area contributed by atoms with E-state index in [9.17, 15) is 0 Å². The predicted octanol–water partition coefficient (Wildman–Crippen LogP) is 33.5. The molecule has 0 saturated carbocycles. The van der Waals surface area contributed by atoms with Crippen LogP contribution in [0.4, 0.5) is 0 Å². The summed E-state index contributed by atoms with van der Waals surface area (Å²) in [6, 6.07) is 0. The fourth-order valence-corrected chi connectivity index (χ4v) is 23.0. The van der Waals surface area contributed by atoms with Gasteiger partial charge in [-0.3, -0.25) is 0 Å². The van der Waals surface area contributed by atoms with Gasteiger partial charge in [0, 0.05) is 23.9 Å². The topological polar surface area (TPSA) is 35.6 Å². The van der Waals surface area contributed by atoms with Crippen molar-refractivity contribution >= 4 is 129 Å². The lowest BCUT2D eigenvalue weighted by Gasteiger charge is -2.22. The molecule has 2 unspecified atom stereocenters. The molecule has 2 atom stereocenters. The first kappa shape index (κ1) is 80.6. The highest BCUT2D eigenvalue weighted by Gasteiger charge is 2.32. The zero-order chi connectivity index (χ0) is 67.8. The number of unbranched alkanes of at least 4 members (excludes halogenated alkanes) is 48. The fourth-order valence-electron chi connectivity index (χ4n) is 16.9. The van der Waals surface area contributed by atoms with Crippen LogP contribution in [0.1, 0.15) is 425 Å². The van der Waals surface area contributed by atoms with Crippen LogP contribution in [0, 0.1) is 11.8 Å². The Hall–Kier alpha value is -2.04. The first-order valence-electron chi connectivity index (χ1n) is 43.0. The standard InChI is InChI=1S/C88H146N4S5/c1-7-13-19-25-31-37-41-45-51-57-63-71(61-55-49-43-35-29-23-17-11-5)67-91-79-75(85-81(91)87-83(95-85)73(69-93-87)65-59-53-47-39-33-27-21-15-9-3)77-78(90-97-89-77)76-80(79)92(82-86(76)96-84-74(70-94-88(82)84)66-60-54-48-40-34-28-22-16-10-4)68-72(62-56-50-44-36-30-24-18-12-6)64-58-52-46-42-38-32-26-20-14-8-2/h69-72H,7-68H2,1-6H3. The molecule has 8 aromatic rings. The molecule has 0 saturated heterocycles. The summed E-state index contributed by atoms with van der Waals surface area (Å²) in [5.41, 5.74) is 11.8. The smallest absolute Gasteiger partial charge is 0.116 e. The molecule has 0 spiro atoms. The van der Waals surface area contributed by atoms with Gasteiger partial charge in [0.1, 0.15) is 11.0 Å². The Balaban J connectivity index is 1.22. The maximum absolute atomic E-state index is 5.54. The molecule has 0 aliphatic carbocycles. The summed E-state index contributed by atoms with van der Waals surface area (Å²) < 4.78 is 26.6. The fraction of sp³-hybridized carbons (Fsp3) is 0.795. The summed E-state index contributed by atoms with van der Waals surface area (Å²) in [6.07, 6.45) is 83.3. The number of hydrogen-bond donors (Lipinski definition) is 0. The molecular formula is C88H146N4S5. The summed E-state index contributed by atoms with van der Waals surface area (Å²) in [5, 5.41) is 8.14. The van der Waals surface area contributed by atoms with Crippen LogP contribution in [-0.4, -0.2) is 17.9 Å². The second-order valence-corrected chi connectivity index (χ2v) is 35.7. The van der Waals surface area contributed by atoms with Crippen molar-refractivity contribution in [2.24, 2.45) is 11.8 Å². The SMILES string of the molecule is CCCCCCCCCCCCC(CCCCCCCCCC)Cn1c2c3scc(CCCCCCCCCCC)c3sc2c2c3nsnc3c3c4sc5c(CCCCCCCCCCC)csc5c4n(CC(CCCCCCCCCC)CCCCCCCCCCCC)c3c21. The van der Waals surface area contributed by atoms with Gasteiger partial charge in [0.25, 0.3) is 0 Å². The summed E-state index contributed by atoms with van der Waals surface area (Å²) in [7, 11) is 0. The van der Waals surface area contributed by atoms with E-state index in [4.69, 9.17) is 8.75 Å². The van der Waals surface area contributed by atoms with E-state index in [1.165, 1.54) is 439 Å². The molecule has 0 radical (unpaired) electrons. The normalized spacial score (nSPS) is 13.1. The molecule has 0 bridgehead atoms. The van der Waals surface area contributed by atoms with E-state index in [0.717, 1.165) is 13.1 Å². The van der Waals surface area contributed by atoms with Crippen LogP contribution in [0.5, 0.6) is 0 Å². The Kier molecular flexibility index (Phi) is 40.6. The van der Waals surface area contributed by atoms with Gasteiger partial charge in [-0.1, -0.05) is 375 Å². The highest BCUT2D eigenvalue weighted by molar-refractivity contribution is 7.34. The lowest BCUT2D eigenvalue weighted by molar-refractivity contribution is 0.362. The first-order chi connectivity index (χ1) is 48.1. The molecule has 7 aromatic heterocycles. The van der Waals surface area contributed by atoms with E-state index >= 15 is 0 Å². The highest BCUT2D eigenvalue weighted by Crippen LogP contribution is 2.54. The third kappa shape index (κ3) is 25.7. The Labute approximate surface area is 616 Å². The first-order valence-corrected chi connectivity index (χ1v) is 47.1. The van der Waals surface area contributed by atoms with Crippen molar-refractivity contribution in [2.75, 3.05) is 0 Å².